The van der Waals surface area contributed by atoms with Crippen molar-refractivity contribution in [3.05, 3.63) is 20.3 Å². The Labute approximate surface area is 121 Å². The van der Waals surface area contributed by atoms with Gasteiger partial charge < -0.3 is 10.2 Å². The molecular weight excluding hydrogens is 291 g/mol. The van der Waals surface area contributed by atoms with Crippen LogP contribution in [-0.4, -0.2) is 37.5 Å². The van der Waals surface area contributed by atoms with Crippen LogP contribution in [0, 0.1) is 5.92 Å². The minimum Gasteiger partial charge on any atom is -0.341 e. The summed E-state index contributed by atoms with van der Waals surface area (Å²) in [6.45, 7) is 2.82. The van der Waals surface area contributed by atoms with Gasteiger partial charge in [0.05, 0.1) is 9.90 Å². The molecule has 1 saturated heterocycles. The van der Waals surface area contributed by atoms with Gasteiger partial charge in [-0.1, -0.05) is 23.2 Å². The molecule has 1 aromatic heterocycles. The van der Waals surface area contributed by atoms with Crippen molar-refractivity contribution in [3.63, 3.8) is 0 Å². The molecule has 1 fully saturated rings. The SMILES string of the molecule is CN(CC1CCCNC1)C(=O)c1cc(Cl)sc1Cl. The largest absolute Gasteiger partial charge is 0.341 e. The molecule has 2 rings (SSSR count). The van der Waals surface area contributed by atoms with Crippen LogP contribution in [0.2, 0.25) is 8.67 Å². The summed E-state index contributed by atoms with van der Waals surface area (Å²) in [6.07, 6.45) is 2.35. The summed E-state index contributed by atoms with van der Waals surface area (Å²) in [5, 5.41) is 3.35. The van der Waals surface area contributed by atoms with Gasteiger partial charge in [0.2, 0.25) is 0 Å². The smallest absolute Gasteiger partial charge is 0.256 e. The van der Waals surface area contributed by atoms with E-state index in [1.807, 2.05) is 7.05 Å². The number of hydrogen-bond donors (Lipinski definition) is 1. The molecule has 0 spiro atoms. The van der Waals surface area contributed by atoms with E-state index in [0.717, 1.165) is 19.6 Å². The van der Waals surface area contributed by atoms with Crippen LogP contribution in [0.5, 0.6) is 0 Å². The second-order valence-corrected chi connectivity index (χ2v) is 6.92. The zero-order chi connectivity index (χ0) is 13.1. The van der Waals surface area contributed by atoms with Gasteiger partial charge in [0.15, 0.2) is 0 Å². The first-order valence-electron chi connectivity index (χ1n) is 5.99. The molecule has 0 radical (unpaired) electrons. The van der Waals surface area contributed by atoms with E-state index in [9.17, 15) is 4.79 Å². The van der Waals surface area contributed by atoms with Gasteiger partial charge in [0.25, 0.3) is 5.91 Å². The lowest BCUT2D eigenvalue weighted by molar-refractivity contribution is 0.0765. The van der Waals surface area contributed by atoms with E-state index in [1.54, 1.807) is 11.0 Å². The Balaban J connectivity index is 1.97. The first-order valence-corrected chi connectivity index (χ1v) is 7.56. The van der Waals surface area contributed by atoms with E-state index < -0.39 is 0 Å². The van der Waals surface area contributed by atoms with Gasteiger partial charge in [-0.25, -0.2) is 0 Å². The summed E-state index contributed by atoms with van der Waals surface area (Å²) in [5.74, 6) is 0.481. The fourth-order valence-electron chi connectivity index (χ4n) is 2.24. The van der Waals surface area contributed by atoms with Crippen LogP contribution in [-0.2, 0) is 0 Å². The summed E-state index contributed by atoms with van der Waals surface area (Å²) >= 11 is 13.1. The highest BCUT2D eigenvalue weighted by atomic mass is 35.5. The molecule has 100 valence electrons. The maximum absolute atomic E-state index is 12.2. The molecular formula is C12H16Cl2N2OS. The van der Waals surface area contributed by atoms with Gasteiger partial charge in [0, 0.05) is 13.6 Å². The minimum absolute atomic E-state index is 0.0475. The number of halogens is 2. The third kappa shape index (κ3) is 3.38. The van der Waals surface area contributed by atoms with Crippen molar-refractivity contribution in [1.82, 2.24) is 10.2 Å². The van der Waals surface area contributed by atoms with Crippen molar-refractivity contribution < 1.29 is 4.79 Å². The van der Waals surface area contributed by atoms with Gasteiger partial charge in [-0.15, -0.1) is 11.3 Å². The summed E-state index contributed by atoms with van der Waals surface area (Å²) < 4.78 is 1.02. The number of nitrogens with zero attached hydrogens (tertiary/aromatic N) is 1. The Morgan fingerprint density at radius 2 is 2.39 bits per heavy atom. The summed E-state index contributed by atoms with van der Waals surface area (Å²) in [7, 11) is 1.82. The van der Waals surface area contributed by atoms with Crippen LogP contribution in [0.15, 0.2) is 6.07 Å². The molecule has 1 aliphatic rings. The van der Waals surface area contributed by atoms with E-state index in [-0.39, 0.29) is 5.91 Å². The normalized spacial score (nSPS) is 19.8. The first-order chi connectivity index (χ1) is 8.58. The summed E-state index contributed by atoms with van der Waals surface area (Å²) in [6, 6.07) is 1.65. The molecule has 0 aliphatic carbocycles. The second-order valence-electron chi connectivity index (χ2n) is 4.64. The van der Waals surface area contributed by atoms with E-state index in [4.69, 9.17) is 23.2 Å². The van der Waals surface area contributed by atoms with Gasteiger partial charge in [-0.3, -0.25) is 4.79 Å². The predicted molar refractivity (Wildman–Crippen MR) is 76.9 cm³/mol. The molecule has 1 aliphatic heterocycles. The fourth-order valence-corrected chi connectivity index (χ4v) is 3.69. The molecule has 3 nitrogen and oxygen atoms in total. The predicted octanol–water partition coefficient (Wildman–Crippen LogP) is 3.13. The van der Waals surface area contributed by atoms with Crippen molar-refractivity contribution in [2.24, 2.45) is 5.92 Å². The van der Waals surface area contributed by atoms with Crippen molar-refractivity contribution in [2.75, 3.05) is 26.7 Å². The molecule has 1 N–H and O–H groups in total. The Bertz CT molecular complexity index is 430. The van der Waals surface area contributed by atoms with E-state index in [2.05, 4.69) is 5.32 Å². The number of rotatable bonds is 3. The number of nitrogens with one attached hydrogen (secondary N) is 1. The standard InChI is InChI=1S/C12H16Cl2N2OS/c1-16(7-8-3-2-4-15-6-8)12(17)9-5-10(13)18-11(9)14/h5,8,15H,2-4,6-7H2,1H3. The lowest BCUT2D eigenvalue weighted by Crippen LogP contribution is -2.39. The van der Waals surface area contributed by atoms with Gasteiger partial charge in [-0.2, -0.15) is 0 Å². The van der Waals surface area contributed by atoms with Crippen LogP contribution >= 0.6 is 34.5 Å². The van der Waals surface area contributed by atoms with Crippen molar-refractivity contribution in [1.29, 1.82) is 0 Å². The number of carbonyl (C=O) groups excluding carboxylic acids is 1. The van der Waals surface area contributed by atoms with Crippen LogP contribution < -0.4 is 5.32 Å². The van der Waals surface area contributed by atoms with E-state index >= 15 is 0 Å². The molecule has 1 aromatic rings. The number of piperidine rings is 1. The zero-order valence-electron chi connectivity index (χ0n) is 10.2. The van der Waals surface area contributed by atoms with Gasteiger partial charge in [0.1, 0.15) is 4.34 Å². The van der Waals surface area contributed by atoms with Crippen molar-refractivity contribution in [2.45, 2.75) is 12.8 Å². The quantitative estimate of drug-likeness (QED) is 0.930. The Kier molecular flexibility index (Phi) is 4.90. The molecule has 2 heterocycles. The molecule has 6 heteroatoms. The van der Waals surface area contributed by atoms with Gasteiger partial charge in [-0.05, 0) is 37.9 Å². The monoisotopic (exact) mass is 306 g/mol. The van der Waals surface area contributed by atoms with Crippen molar-refractivity contribution in [3.8, 4) is 0 Å². The Morgan fingerprint density at radius 1 is 1.61 bits per heavy atom. The van der Waals surface area contributed by atoms with E-state index in [0.29, 0.717) is 20.2 Å². The molecule has 1 atom stereocenters. The molecule has 1 amide bonds. The number of thiophene rings is 1. The Hall–Kier alpha value is -0.290. The minimum atomic E-state index is -0.0475. The third-order valence-electron chi connectivity index (χ3n) is 3.16. The van der Waals surface area contributed by atoms with Crippen molar-refractivity contribution >= 4 is 40.4 Å². The maximum atomic E-state index is 12.2. The van der Waals surface area contributed by atoms with Crippen LogP contribution in [0.1, 0.15) is 23.2 Å². The highest BCUT2D eigenvalue weighted by molar-refractivity contribution is 7.20. The molecule has 0 saturated carbocycles. The Morgan fingerprint density at radius 3 is 2.94 bits per heavy atom. The zero-order valence-corrected chi connectivity index (χ0v) is 12.5. The summed E-state index contributed by atoms with van der Waals surface area (Å²) in [5.41, 5.74) is 0.512. The molecule has 1 unspecified atom stereocenters. The lowest BCUT2D eigenvalue weighted by atomic mass is 9.99. The highest BCUT2D eigenvalue weighted by Gasteiger charge is 2.21. The molecule has 0 aromatic carbocycles. The first kappa shape index (κ1) is 14.1. The number of carbonyl (C=O) groups is 1. The van der Waals surface area contributed by atoms with Crippen LogP contribution in [0.4, 0.5) is 0 Å². The fraction of sp³-hybridized carbons (Fsp3) is 0.583. The second kappa shape index (κ2) is 6.24. The number of hydrogen-bond acceptors (Lipinski definition) is 3. The average Bonchev–Trinajstić information content (AvgIpc) is 2.68. The van der Waals surface area contributed by atoms with Crippen LogP contribution in [0.3, 0.4) is 0 Å². The third-order valence-corrected chi connectivity index (χ3v) is 4.65. The van der Waals surface area contributed by atoms with Gasteiger partial charge >= 0.3 is 0 Å². The summed E-state index contributed by atoms with van der Waals surface area (Å²) in [4.78, 5) is 14.0. The lowest BCUT2D eigenvalue weighted by Gasteiger charge is -2.27. The van der Waals surface area contributed by atoms with E-state index in [1.165, 1.54) is 24.2 Å². The van der Waals surface area contributed by atoms with Crippen LogP contribution in [0.25, 0.3) is 0 Å². The number of amides is 1. The topological polar surface area (TPSA) is 32.3 Å². The molecule has 18 heavy (non-hydrogen) atoms. The maximum Gasteiger partial charge on any atom is 0.256 e. The molecule has 0 bridgehead atoms. The highest BCUT2D eigenvalue weighted by Crippen LogP contribution is 2.31. The average molecular weight is 307 g/mol.